The molecule has 0 aliphatic heterocycles. The molecule has 1 aromatic carbocycles. The van der Waals surface area contributed by atoms with Crippen LogP contribution in [-0.4, -0.2) is 5.11 Å². The van der Waals surface area contributed by atoms with E-state index in [0.29, 0.717) is 5.92 Å². The fourth-order valence-electron chi connectivity index (χ4n) is 3.29. The minimum Gasteiger partial charge on any atom is -0.385 e. The smallest absolute Gasteiger partial charge is 0.0929 e. The Bertz CT molecular complexity index is 365. The Morgan fingerprint density at radius 3 is 2.57 bits per heavy atom. The first-order chi connectivity index (χ1) is 6.70. The summed E-state index contributed by atoms with van der Waals surface area (Å²) in [5, 5.41) is 10.7. The Kier molecular flexibility index (Phi) is 1.58. The zero-order valence-electron chi connectivity index (χ0n) is 8.53. The van der Waals surface area contributed by atoms with Gasteiger partial charge in [0.05, 0.1) is 5.60 Å². The fourth-order valence-corrected chi connectivity index (χ4v) is 3.29. The van der Waals surface area contributed by atoms with Crippen LogP contribution in [0.3, 0.4) is 0 Å². The van der Waals surface area contributed by atoms with Gasteiger partial charge in [-0.25, -0.2) is 0 Å². The molecule has 0 radical (unpaired) electrons. The first-order valence-corrected chi connectivity index (χ1v) is 5.48. The number of aryl methyl sites for hydroxylation is 1. The van der Waals surface area contributed by atoms with Gasteiger partial charge in [-0.1, -0.05) is 24.3 Å². The minimum absolute atomic E-state index is 0.490. The lowest BCUT2D eigenvalue weighted by atomic mass is 9.78. The van der Waals surface area contributed by atoms with Crippen molar-refractivity contribution in [2.75, 3.05) is 0 Å². The van der Waals surface area contributed by atoms with Gasteiger partial charge < -0.3 is 5.11 Å². The third kappa shape index (κ3) is 0.936. The van der Waals surface area contributed by atoms with Gasteiger partial charge in [-0.05, 0) is 49.1 Å². The Labute approximate surface area is 84.8 Å². The summed E-state index contributed by atoms with van der Waals surface area (Å²) in [6.07, 6.45) is 3.47. The molecule has 14 heavy (non-hydrogen) atoms. The van der Waals surface area contributed by atoms with Crippen LogP contribution in [0.5, 0.6) is 0 Å². The second-order valence-electron chi connectivity index (χ2n) is 4.98. The highest BCUT2D eigenvalue weighted by Gasteiger charge is 2.55. The normalized spacial score (nSPS) is 39.6. The van der Waals surface area contributed by atoms with Crippen molar-refractivity contribution in [2.45, 2.75) is 31.8 Å². The molecule has 1 heteroatoms. The van der Waals surface area contributed by atoms with Crippen LogP contribution in [0, 0.1) is 18.8 Å². The molecule has 3 saturated carbocycles. The largest absolute Gasteiger partial charge is 0.385 e. The summed E-state index contributed by atoms with van der Waals surface area (Å²) in [5.41, 5.74) is 1.92. The Hall–Kier alpha value is -0.820. The maximum absolute atomic E-state index is 10.7. The lowest BCUT2D eigenvalue weighted by Gasteiger charge is -2.31. The zero-order chi connectivity index (χ0) is 9.76. The van der Waals surface area contributed by atoms with Crippen LogP contribution in [0.15, 0.2) is 24.3 Å². The highest BCUT2D eigenvalue weighted by atomic mass is 16.3. The van der Waals surface area contributed by atoms with Gasteiger partial charge in [0.25, 0.3) is 0 Å². The molecule has 1 N–H and O–H groups in total. The molecular formula is C13H16O. The third-order valence-electron chi connectivity index (χ3n) is 4.12. The topological polar surface area (TPSA) is 20.2 Å². The number of aliphatic hydroxyl groups is 1. The number of benzene rings is 1. The van der Waals surface area contributed by atoms with E-state index < -0.39 is 5.60 Å². The minimum atomic E-state index is -0.490. The van der Waals surface area contributed by atoms with Crippen molar-refractivity contribution >= 4 is 0 Å². The Morgan fingerprint density at radius 2 is 2.00 bits per heavy atom. The summed E-state index contributed by atoms with van der Waals surface area (Å²) in [6.45, 7) is 2.10. The van der Waals surface area contributed by atoms with Crippen molar-refractivity contribution < 1.29 is 5.11 Å². The second-order valence-corrected chi connectivity index (χ2v) is 4.98. The van der Waals surface area contributed by atoms with E-state index in [2.05, 4.69) is 19.1 Å². The summed E-state index contributed by atoms with van der Waals surface area (Å²) in [5.74, 6) is 1.33. The maximum Gasteiger partial charge on any atom is 0.0929 e. The van der Waals surface area contributed by atoms with Gasteiger partial charge in [0, 0.05) is 0 Å². The van der Waals surface area contributed by atoms with Gasteiger partial charge in [0.2, 0.25) is 0 Å². The van der Waals surface area contributed by atoms with Crippen LogP contribution in [0.4, 0.5) is 0 Å². The highest BCUT2D eigenvalue weighted by Crippen LogP contribution is 2.59. The highest BCUT2D eigenvalue weighted by molar-refractivity contribution is 5.34. The Balaban J connectivity index is 2.06. The quantitative estimate of drug-likeness (QED) is 0.718. The summed E-state index contributed by atoms with van der Waals surface area (Å²) in [7, 11) is 0. The molecule has 0 aromatic heterocycles. The van der Waals surface area contributed by atoms with Gasteiger partial charge in [-0.15, -0.1) is 0 Å². The van der Waals surface area contributed by atoms with Crippen molar-refractivity contribution in [3.63, 3.8) is 0 Å². The summed E-state index contributed by atoms with van der Waals surface area (Å²) >= 11 is 0. The van der Waals surface area contributed by atoms with E-state index in [4.69, 9.17) is 0 Å². The van der Waals surface area contributed by atoms with Gasteiger partial charge in [-0.3, -0.25) is 0 Å². The standard InChI is InChI=1S/C13H16O/c1-9-4-2-3-5-12(9)13(14)8-10-6-11(13)7-10/h2-5,10-11,14H,6-8H2,1H3. The van der Waals surface area contributed by atoms with Crippen molar-refractivity contribution in [3.05, 3.63) is 35.4 Å². The molecule has 0 amide bonds. The molecule has 1 nitrogen and oxygen atoms in total. The van der Waals surface area contributed by atoms with Crippen molar-refractivity contribution in [1.82, 2.24) is 0 Å². The predicted molar refractivity (Wildman–Crippen MR) is 55.9 cm³/mol. The molecule has 0 heterocycles. The summed E-state index contributed by atoms with van der Waals surface area (Å²) in [4.78, 5) is 0. The maximum atomic E-state index is 10.7. The second kappa shape index (κ2) is 2.60. The summed E-state index contributed by atoms with van der Waals surface area (Å²) < 4.78 is 0. The van der Waals surface area contributed by atoms with E-state index in [9.17, 15) is 5.11 Å². The number of rotatable bonds is 1. The molecule has 0 spiro atoms. The molecule has 3 aliphatic carbocycles. The molecule has 1 aromatic rings. The molecule has 2 bridgehead atoms. The molecule has 3 fully saturated rings. The zero-order valence-corrected chi connectivity index (χ0v) is 8.53. The van der Waals surface area contributed by atoms with Crippen LogP contribution in [0.2, 0.25) is 0 Å². The van der Waals surface area contributed by atoms with E-state index in [1.165, 1.54) is 24.0 Å². The monoisotopic (exact) mass is 188 g/mol. The molecule has 3 aliphatic rings. The predicted octanol–water partition coefficient (Wildman–Crippen LogP) is 2.61. The molecule has 1 atom stereocenters. The van der Waals surface area contributed by atoms with E-state index in [-0.39, 0.29) is 0 Å². The van der Waals surface area contributed by atoms with Crippen LogP contribution in [0.25, 0.3) is 0 Å². The van der Waals surface area contributed by atoms with Gasteiger partial charge in [0.1, 0.15) is 0 Å². The van der Waals surface area contributed by atoms with E-state index in [1.807, 2.05) is 12.1 Å². The molecule has 0 saturated heterocycles. The van der Waals surface area contributed by atoms with E-state index in [1.54, 1.807) is 0 Å². The summed E-state index contributed by atoms with van der Waals surface area (Å²) in [6, 6.07) is 8.27. The van der Waals surface area contributed by atoms with Gasteiger partial charge >= 0.3 is 0 Å². The van der Waals surface area contributed by atoms with Gasteiger partial charge in [-0.2, -0.15) is 0 Å². The number of fused-ring (bicyclic) bond motifs is 1. The van der Waals surface area contributed by atoms with Gasteiger partial charge in [0.15, 0.2) is 0 Å². The molecule has 74 valence electrons. The number of hydrogen-bond donors (Lipinski definition) is 1. The van der Waals surface area contributed by atoms with Crippen LogP contribution in [0.1, 0.15) is 30.4 Å². The Morgan fingerprint density at radius 1 is 1.29 bits per heavy atom. The van der Waals surface area contributed by atoms with Crippen LogP contribution < -0.4 is 0 Å². The SMILES string of the molecule is Cc1ccccc1C1(O)CC2CC1C2. The van der Waals surface area contributed by atoms with Crippen molar-refractivity contribution in [3.8, 4) is 0 Å². The van der Waals surface area contributed by atoms with Crippen molar-refractivity contribution in [1.29, 1.82) is 0 Å². The van der Waals surface area contributed by atoms with Crippen LogP contribution >= 0.6 is 0 Å². The first-order valence-electron chi connectivity index (χ1n) is 5.48. The van der Waals surface area contributed by atoms with E-state index in [0.717, 1.165) is 12.3 Å². The fraction of sp³-hybridized carbons (Fsp3) is 0.538. The van der Waals surface area contributed by atoms with Crippen molar-refractivity contribution in [2.24, 2.45) is 11.8 Å². The average Bonchev–Trinajstić information content (AvgIpc) is 2.58. The third-order valence-corrected chi connectivity index (χ3v) is 4.12. The molecular weight excluding hydrogens is 172 g/mol. The first kappa shape index (κ1) is 8.49. The van der Waals surface area contributed by atoms with Crippen LogP contribution in [-0.2, 0) is 5.60 Å². The molecule has 4 rings (SSSR count). The lowest BCUT2D eigenvalue weighted by Crippen LogP contribution is -2.30. The van der Waals surface area contributed by atoms with E-state index >= 15 is 0 Å². The number of hydrogen-bond acceptors (Lipinski definition) is 1. The lowest BCUT2D eigenvalue weighted by molar-refractivity contribution is 0.00544. The average molecular weight is 188 g/mol. The molecule has 1 unspecified atom stereocenters.